The number of amides is 1. The molecule has 0 bridgehead atoms. The molecular formula is C35H42N2O6. The van der Waals surface area contributed by atoms with Gasteiger partial charge in [-0.3, -0.25) is 9.59 Å². The fraction of sp³-hybridized carbons (Fsp3) is 0.429. The number of aliphatic hydroxyl groups excluding tert-OH is 1. The van der Waals surface area contributed by atoms with Gasteiger partial charge in [-0.2, -0.15) is 0 Å². The van der Waals surface area contributed by atoms with Gasteiger partial charge < -0.3 is 29.9 Å². The first-order chi connectivity index (χ1) is 21.0. The van der Waals surface area contributed by atoms with E-state index in [-0.39, 0.29) is 37.6 Å². The van der Waals surface area contributed by atoms with E-state index < -0.39 is 12.3 Å². The second kappa shape index (κ2) is 15.3. The van der Waals surface area contributed by atoms with E-state index in [2.05, 4.69) is 34.5 Å². The lowest BCUT2D eigenvalue weighted by Crippen LogP contribution is -2.41. The summed E-state index contributed by atoms with van der Waals surface area (Å²) >= 11 is 0. The summed E-state index contributed by atoms with van der Waals surface area (Å²) in [5, 5.41) is 21.2. The number of benzene rings is 3. The number of piperidine rings is 1. The highest BCUT2D eigenvalue weighted by Crippen LogP contribution is 2.39. The van der Waals surface area contributed by atoms with Crippen LogP contribution in [0.1, 0.15) is 79.6 Å². The molecule has 2 fully saturated rings. The number of hydrogen-bond acceptors (Lipinski definition) is 6. The van der Waals surface area contributed by atoms with Crippen LogP contribution in [0.25, 0.3) is 11.1 Å². The molecule has 0 aromatic heterocycles. The second-order valence-corrected chi connectivity index (χ2v) is 11.5. The molecule has 3 aromatic rings. The van der Waals surface area contributed by atoms with E-state index in [9.17, 15) is 14.7 Å². The van der Waals surface area contributed by atoms with Gasteiger partial charge in [0.25, 0.3) is 0 Å². The minimum atomic E-state index is -0.893. The van der Waals surface area contributed by atoms with Crippen molar-refractivity contribution in [2.45, 2.75) is 76.6 Å². The van der Waals surface area contributed by atoms with Crippen molar-refractivity contribution in [2.75, 3.05) is 19.6 Å². The van der Waals surface area contributed by atoms with Crippen LogP contribution in [0.5, 0.6) is 0 Å². The fourth-order valence-electron chi connectivity index (χ4n) is 5.92. The van der Waals surface area contributed by atoms with Crippen molar-refractivity contribution < 1.29 is 29.3 Å². The summed E-state index contributed by atoms with van der Waals surface area (Å²) in [4.78, 5) is 25.5. The average Bonchev–Trinajstić information content (AvgIpc) is 3.04. The number of aliphatic carboxylic acids is 1. The Morgan fingerprint density at radius 1 is 0.860 bits per heavy atom. The van der Waals surface area contributed by atoms with Crippen LogP contribution >= 0.6 is 0 Å². The molecular weight excluding hydrogens is 544 g/mol. The van der Waals surface area contributed by atoms with Crippen LogP contribution in [0, 0.1) is 0 Å². The highest BCUT2D eigenvalue weighted by Gasteiger charge is 2.33. The van der Waals surface area contributed by atoms with Gasteiger partial charge in [0.05, 0.1) is 18.8 Å². The molecule has 2 aliphatic rings. The lowest BCUT2D eigenvalue weighted by atomic mass is 9.97. The number of ether oxygens (including phenoxy) is 2. The Labute approximate surface area is 253 Å². The number of nitrogens with one attached hydrogen (secondary N) is 1. The molecule has 0 saturated carbocycles. The van der Waals surface area contributed by atoms with Crippen LogP contribution in [-0.4, -0.2) is 52.7 Å². The largest absolute Gasteiger partial charge is 0.481 e. The van der Waals surface area contributed by atoms with E-state index in [1.54, 1.807) is 0 Å². The molecule has 43 heavy (non-hydrogen) atoms. The van der Waals surface area contributed by atoms with Crippen molar-refractivity contribution in [2.24, 2.45) is 0 Å². The molecule has 8 nitrogen and oxygen atoms in total. The predicted molar refractivity (Wildman–Crippen MR) is 164 cm³/mol. The zero-order valence-corrected chi connectivity index (χ0v) is 24.6. The highest BCUT2D eigenvalue weighted by molar-refractivity contribution is 5.77. The third-order valence-electron chi connectivity index (χ3n) is 8.31. The number of rotatable bonds is 12. The van der Waals surface area contributed by atoms with Crippen molar-refractivity contribution in [3.05, 3.63) is 95.1 Å². The van der Waals surface area contributed by atoms with Crippen LogP contribution in [0.3, 0.4) is 0 Å². The molecule has 228 valence electrons. The summed E-state index contributed by atoms with van der Waals surface area (Å²) in [6, 6.07) is 24.2. The van der Waals surface area contributed by atoms with Crippen molar-refractivity contribution >= 4 is 11.9 Å². The molecule has 2 aliphatic heterocycles. The number of hydrogen-bond donors (Lipinski definition) is 3. The number of nitrogens with zero attached hydrogens (tertiary/aromatic N) is 1. The topological polar surface area (TPSA) is 108 Å². The Balaban J connectivity index is 1.29. The molecule has 1 amide bonds. The third kappa shape index (κ3) is 8.74. The Kier molecular flexibility index (Phi) is 11.0. The highest BCUT2D eigenvalue weighted by atomic mass is 16.7. The normalized spacial score (nSPS) is 20.9. The first kappa shape index (κ1) is 30.9. The predicted octanol–water partition coefficient (Wildman–Crippen LogP) is 5.75. The van der Waals surface area contributed by atoms with Crippen molar-refractivity contribution in [1.82, 2.24) is 10.2 Å². The van der Waals surface area contributed by atoms with Gasteiger partial charge in [-0.25, -0.2) is 0 Å². The molecule has 3 atom stereocenters. The van der Waals surface area contributed by atoms with Gasteiger partial charge >= 0.3 is 5.97 Å². The van der Waals surface area contributed by atoms with E-state index in [4.69, 9.17) is 14.6 Å². The van der Waals surface area contributed by atoms with Crippen LogP contribution in [0.4, 0.5) is 0 Å². The van der Waals surface area contributed by atoms with Gasteiger partial charge in [-0.15, -0.1) is 0 Å². The standard InChI is InChI=1S/C35H42N2O6/c38-24-25-11-13-27(14-12-25)32-21-30(23-37-19-4-1-5-20-37)42-35(43-32)28-17-15-26(16-18-28)31-8-3-2-7-29(31)22-36-33(39)9-6-10-34(40)41/h2-3,7-8,11-18,30,32,35,38H,1,4-6,9-10,19-24H2,(H,36,39)(H,40,41)/t30-,32+,35+/m0/s1. The minimum Gasteiger partial charge on any atom is -0.481 e. The maximum atomic E-state index is 12.2. The number of carbonyl (C=O) groups is 2. The molecule has 2 saturated heterocycles. The van der Waals surface area contributed by atoms with E-state index in [0.717, 1.165) is 59.4 Å². The van der Waals surface area contributed by atoms with Crippen molar-refractivity contribution in [1.29, 1.82) is 0 Å². The fourth-order valence-corrected chi connectivity index (χ4v) is 5.92. The number of carboxylic acid groups (broad SMARTS) is 1. The maximum Gasteiger partial charge on any atom is 0.303 e. The van der Waals surface area contributed by atoms with Crippen molar-refractivity contribution in [3.63, 3.8) is 0 Å². The number of carbonyl (C=O) groups excluding carboxylic acids is 1. The number of carboxylic acids is 1. The first-order valence-corrected chi connectivity index (χ1v) is 15.4. The van der Waals surface area contributed by atoms with Gasteiger partial charge in [0.2, 0.25) is 5.91 Å². The zero-order chi connectivity index (χ0) is 30.0. The number of aliphatic hydroxyl groups is 1. The van der Waals surface area contributed by atoms with Gasteiger partial charge in [-0.05, 0) is 60.2 Å². The Hall–Kier alpha value is -3.56. The summed E-state index contributed by atoms with van der Waals surface area (Å²) < 4.78 is 13.1. The van der Waals surface area contributed by atoms with Crippen LogP contribution in [0.2, 0.25) is 0 Å². The number of likely N-dealkylation sites (tertiary alicyclic amines) is 1. The van der Waals surface area contributed by atoms with Crippen LogP contribution in [-0.2, 0) is 32.2 Å². The lowest BCUT2D eigenvalue weighted by molar-refractivity contribution is -0.253. The first-order valence-electron chi connectivity index (χ1n) is 15.4. The Morgan fingerprint density at radius 3 is 2.30 bits per heavy atom. The summed E-state index contributed by atoms with van der Waals surface area (Å²) in [6.45, 7) is 3.49. The van der Waals surface area contributed by atoms with E-state index in [0.29, 0.717) is 13.0 Å². The zero-order valence-electron chi connectivity index (χ0n) is 24.6. The molecule has 3 N–H and O–H groups in total. The molecule has 2 heterocycles. The minimum absolute atomic E-state index is 0.0134. The molecule has 8 heteroatoms. The molecule has 5 rings (SSSR count). The van der Waals surface area contributed by atoms with E-state index in [1.165, 1.54) is 19.3 Å². The molecule has 0 spiro atoms. The maximum absolute atomic E-state index is 12.2. The molecule has 3 aromatic carbocycles. The monoisotopic (exact) mass is 586 g/mol. The summed E-state index contributed by atoms with van der Waals surface area (Å²) in [7, 11) is 0. The summed E-state index contributed by atoms with van der Waals surface area (Å²) in [5.74, 6) is -1.05. The van der Waals surface area contributed by atoms with Gasteiger partial charge in [0.15, 0.2) is 6.29 Å². The Bertz CT molecular complexity index is 1340. The van der Waals surface area contributed by atoms with Crippen LogP contribution < -0.4 is 5.32 Å². The average molecular weight is 587 g/mol. The van der Waals surface area contributed by atoms with E-state index >= 15 is 0 Å². The van der Waals surface area contributed by atoms with Gasteiger partial charge in [-0.1, -0.05) is 79.2 Å². The smallest absolute Gasteiger partial charge is 0.303 e. The van der Waals surface area contributed by atoms with Crippen LogP contribution in [0.15, 0.2) is 72.8 Å². The third-order valence-corrected chi connectivity index (χ3v) is 8.31. The van der Waals surface area contributed by atoms with E-state index in [1.807, 2.05) is 48.5 Å². The summed E-state index contributed by atoms with van der Waals surface area (Å²) in [6.07, 6.45) is 4.47. The quantitative estimate of drug-likeness (QED) is 0.248. The van der Waals surface area contributed by atoms with Gasteiger partial charge in [0, 0.05) is 37.9 Å². The summed E-state index contributed by atoms with van der Waals surface area (Å²) in [5.41, 5.74) is 5.95. The van der Waals surface area contributed by atoms with Crippen molar-refractivity contribution in [3.8, 4) is 11.1 Å². The Morgan fingerprint density at radius 2 is 1.58 bits per heavy atom. The molecule has 0 unspecified atom stereocenters. The van der Waals surface area contributed by atoms with Gasteiger partial charge in [0.1, 0.15) is 0 Å². The second-order valence-electron chi connectivity index (χ2n) is 11.5. The SMILES string of the molecule is O=C(O)CCCC(=O)NCc1ccccc1-c1ccc([C@@H]2O[C@H](CN3CCCCC3)C[C@H](c3ccc(CO)cc3)O2)cc1. The molecule has 0 aliphatic carbocycles. The molecule has 0 radical (unpaired) electrons. The lowest BCUT2D eigenvalue weighted by Gasteiger charge is -2.39.